The summed E-state index contributed by atoms with van der Waals surface area (Å²) in [6.07, 6.45) is 0. The van der Waals surface area contributed by atoms with Gasteiger partial charge in [-0.15, -0.1) is 5.10 Å². The molecule has 1 heterocycles. The van der Waals surface area contributed by atoms with E-state index >= 15 is 0 Å². The number of carbonyl (C=O) groups is 1. The van der Waals surface area contributed by atoms with Gasteiger partial charge in [-0.25, -0.2) is 12.7 Å². The van der Waals surface area contributed by atoms with Gasteiger partial charge in [-0.3, -0.25) is 4.79 Å². The minimum atomic E-state index is -3.61. The lowest BCUT2D eigenvalue weighted by atomic mass is 10.1. The molecule has 0 saturated carbocycles. The third-order valence-electron chi connectivity index (χ3n) is 4.66. The lowest BCUT2D eigenvalue weighted by Gasteiger charge is -2.15. The van der Waals surface area contributed by atoms with Crippen molar-refractivity contribution in [1.29, 1.82) is 0 Å². The van der Waals surface area contributed by atoms with Gasteiger partial charge < -0.3 is 5.32 Å². The van der Waals surface area contributed by atoms with Crippen molar-refractivity contribution < 1.29 is 13.2 Å². The number of hydrogen-bond donors (Lipinski definition) is 1. The molecule has 0 atom stereocenters. The molecule has 164 valence electrons. The number of para-hydroxylation sites is 1. The zero-order valence-corrected chi connectivity index (χ0v) is 19.6. The number of carbonyl (C=O) groups excluding carboxylic acids is 1. The second-order valence-corrected chi connectivity index (χ2v) is 10.3. The molecule has 2 aromatic carbocycles. The summed E-state index contributed by atoms with van der Waals surface area (Å²) >= 11 is 1.20. The van der Waals surface area contributed by atoms with E-state index < -0.39 is 10.0 Å². The van der Waals surface area contributed by atoms with Crippen molar-refractivity contribution >= 4 is 33.4 Å². The van der Waals surface area contributed by atoms with Crippen molar-refractivity contribution in [3.63, 3.8) is 0 Å². The molecule has 0 radical (unpaired) electrons. The first-order chi connectivity index (χ1) is 14.6. The number of rotatable bonds is 7. The van der Waals surface area contributed by atoms with Gasteiger partial charge in [0.25, 0.3) is 0 Å². The molecule has 0 fully saturated rings. The number of anilines is 1. The van der Waals surface area contributed by atoms with Gasteiger partial charge in [0, 0.05) is 19.8 Å². The van der Waals surface area contributed by atoms with Gasteiger partial charge >= 0.3 is 0 Å². The largest absolute Gasteiger partial charge is 0.325 e. The molecule has 0 unspecified atom stereocenters. The van der Waals surface area contributed by atoms with E-state index in [9.17, 15) is 13.2 Å². The standard InChI is InChI=1S/C20H24N6O3S2/c1-13-9-10-16(11-17(13)31(28,29)25(4)5)21-18(27)12-30-20-22-23-24-26(20)19-14(2)7-6-8-15(19)3/h6-11H,12H2,1-5H3,(H,21,27). The third-order valence-corrected chi connectivity index (χ3v) is 7.53. The van der Waals surface area contributed by atoms with E-state index in [1.54, 1.807) is 23.7 Å². The molecule has 31 heavy (non-hydrogen) atoms. The number of tetrazole rings is 1. The fraction of sp³-hybridized carbons (Fsp3) is 0.300. The fourth-order valence-corrected chi connectivity index (χ4v) is 4.85. The Labute approximate surface area is 185 Å². The van der Waals surface area contributed by atoms with Gasteiger partial charge in [0.05, 0.1) is 16.3 Å². The summed E-state index contributed by atoms with van der Waals surface area (Å²) in [5.74, 6) is -0.229. The minimum Gasteiger partial charge on any atom is -0.325 e. The molecule has 0 bridgehead atoms. The number of sulfonamides is 1. The van der Waals surface area contributed by atoms with Crippen LogP contribution in [0, 0.1) is 20.8 Å². The van der Waals surface area contributed by atoms with E-state index in [1.807, 2.05) is 32.0 Å². The van der Waals surface area contributed by atoms with Gasteiger partial charge in [-0.05, 0) is 60.0 Å². The number of amides is 1. The van der Waals surface area contributed by atoms with Gasteiger partial charge in [-0.2, -0.15) is 4.68 Å². The zero-order chi connectivity index (χ0) is 22.8. The Morgan fingerprint density at radius 2 is 1.77 bits per heavy atom. The van der Waals surface area contributed by atoms with Crippen molar-refractivity contribution in [2.45, 2.75) is 30.8 Å². The van der Waals surface area contributed by atoms with Gasteiger partial charge in [0.2, 0.25) is 21.1 Å². The first-order valence-corrected chi connectivity index (χ1v) is 11.8. The Kier molecular flexibility index (Phi) is 6.77. The number of thioether (sulfide) groups is 1. The van der Waals surface area contributed by atoms with Gasteiger partial charge in [0.1, 0.15) is 0 Å². The fourth-order valence-electron chi connectivity index (χ4n) is 3.03. The molecule has 0 aliphatic heterocycles. The van der Waals surface area contributed by atoms with E-state index in [-0.39, 0.29) is 16.6 Å². The van der Waals surface area contributed by atoms with Crippen LogP contribution in [0.4, 0.5) is 5.69 Å². The molecule has 1 aromatic heterocycles. The van der Waals surface area contributed by atoms with Crippen LogP contribution in [-0.2, 0) is 14.8 Å². The van der Waals surface area contributed by atoms with E-state index in [0.29, 0.717) is 16.4 Å². The van der Waals surface area contributed by atoms with Crippen LogP contribution in [0.15, 0.2) is 46.5 Å². The van der Waals surface area contributed by atoms with Crippen LogP contribution in [0.1, 0.15) is 16.7 Å². The number of hydrogen-bond acceptors (Lipinski definition) is 7. The predicted octanol–water partition coefficient (Wildman–Crippen LogP) is 2.57. The highest BCUT2D eigenvalue weighted by atomic mass is 32.2. The van der Waals surface area contributed by atoms with E-state index in [1.165, 1.54) is 31.9 Å². The number of aromatic nitrogens is 4. The second kappa shape index (κ2) is 9.16. The van der Waals surface area contributed by atoms with Crippen LogP contribution in [0.5, 0.6) is 0 Å². The molecule has 9 nitrogen and oxygen atoms in total. The lowest BCUT2D eigenvalue weighted by Crippen LogP contribution is -2.23. The monoisotopic (exact) mass is 460 g/mol. The highest BCUT2D eigenvalue weighted by Crippen LogP contribution is 2.25. The maximum Gasteiger partial charge on any atom is 0.242 e. The maximum atomic E-state index is 12.5. The van der Waals surface area contributed by atoms with Crippen molar-refractivity contribution in [3.8, 4) is 5.69 Å². The molecule has 1 amide bonds. The minimum absolute atomic E-state index is 0.0644. The van der Waals surface area contributed by atoms with Crippen LogP contribution >= 0.6 is 11.8 Å². The molecule has 0 aliphatic rings. The molecule has 1 N–H and O–H groups in total. The average molecular weight is 461 g/mol. The number of benzene rings is 2. The molecular weight excluding hydrogens is 436 g/mol. The van der Waals surface area contributed by atoms with Crippen molar-refractivity contribution in [1.82, 2.24) is 24.5 Å². The first kappa shape index (κ1) is 22.9. The second-order valence-electron chi connectivity index (χ2n) is 7.22. The Bertz CT molecular complexity index is 1200. The normalized spacial score (nSPS) is 11.7. The van der Waals surface area contributed by atoms with Gasteiger partial charge in [0.15, 0.2) is 0 Å². The Morgan fingerprint density at radius 1 is 1.10 bits per heavy atom. The third kappa shape index (κ3) is 4.94. The molecule has 0 saturated heterocycles. The van der Waals surface area contributed by atoms with Crippen molar-refractivity contribution in [3.05, 3.63) is 53.1 Å². The highest BCUT2D eigenvalue weighted by molar-refractivity contribution is 7.99. The van der Waals surface area contributed by atoms with Crippen LogP contribution in [0.25, 0.3) is 5.69 Å². The molecule has 0 spiro atoms. The van der Waals surface area contributed by atoms with E-state index in [0.717, 1.165) is 21.1 Å². The number of aryl methyl sites for hydroxylation is 3. The van der Waals surface area contributed by atoms with Gasteiger partial charge in [-0.1, -0.05) is 36.0 Å². The quantitative estimate of drug-likeness (QED) is 0.540. The van der Waals surface area contributed by atoms with Crippen molar-refractivity contribution in [2.24, 2.45) is 0 Å². The smallest absolute Gasteiger partial charge is 0.242 e. The average Bonchev–Trinajstić information content (AvgIpc) is 3.15. The van der Waals surface area contributed by atoms with E-state index in [2.05, 4.69) is 20.8 Å². The molecule has 3 rings (SSSR count). The SMILES string of the molecule is Cc1ccc(NC(=O)CSc2nnnn2-c2c(C)cccc2C)cc1S(=O)(=O)N(C)C. The summed E-state index contributed by atoms with van der Waals surface area (Å²) in [7, 11) is -0.673. The van der Waals surface area contributed by atoms with Crippen molar-refractivity contribution in [2.75, 3.05) is 25.2 Å². The molecule has 3 aromatic rings. The molecule has 11 heteroatoms. The maximum absolute atomic E-state index is 12.5. The van der Waals surface area contributed by atoms with Crippen LogP contribution in [0.2, 0.25) is 0 Å². The predicted molar refractivity (Wildman–Crippen MR) is 120 cm³/mol. The lowest BCUT2D eigenvalue weighted by molar-refractivity contribution is -0.113. The number of nitrogens with zero attached hydrogens (tertiary/aromatic N) is 5. The first-order valence-electron chi connectivity index (χ1n) is 9.42. The molecular formula is C20H24N6O3S2. The summed E-state index contributed by atoms with van der Waals surface area (Å²) in [4.78, 5) is 12.7. The summed E-state index contributed by atoms with van der Waals surface area (Å²) in [6.45, 7) is 5.66. The summed E-state index contributed by atoms with van der Waals surface area (Å²) < 4.78 is 27.7. The summed E-state index contributed by atoms with van der Waals surface area (Å²) in [5.41, 5.74) is 3.94. The van der Waals surface area contributed by atoms with Crippen LogP contribution in [0.3, 0.4) is 0 Å². The topological polar surface area (TPSA) is 110 Å². The van der Waals surface area contributed by atoms with Crippen LogP contribution < -0.4 is 5.32 Å². The Hall–Kier alpha value is -2.76. The van der Waals surface area contributed by atoms with E-state index in [4.69, 9.17) is 0 Å². The van der Waals surface area contributed by atoms with Crippen LogP contribution in [-0.4, -0.2) is 58.7 Å². The Morgan fingerprint density at radius 3 is 2.42 bits per heavy atom. The highest BCUT2D eigenvalue weighted by Gasteiger charge is 2.21. The summed E-state index contributed by atoms with van der Waals surface area (Å²) in [6, 6.07) is 10.7. The summed E-state index contributed by atoms with van der Waals surface area (Å²) in [5, 5.41) is 15.1. The zero-order valence-electron chi connectivity index (χ0n) is 17.9. The molecule has 0 aliphatic carbocycles. The Balaban J connectivity index is 1.74. The number of nitrogens with one attached hydrogen (secondary N) is 1.